The molecule has 4 rings (SSSR count). The largest absolute Gasteiger partial charge is 0.325 e. The maximum atomic E-state index is 10.6. The number of hydrogen-bond acceptors (Lipinski definition) is 3. The lowest BCUT2D eigenvalue weighted by Crippen LogP contribution is -2.28. The van der Waals surface area contributed by atoms with E-state index in [1.807, 2.05) is 36.4 Å². The van der Waals surface area contributed by atoms with Crippen molar-refractivity contribution in [2.75, 3.05) is 5.32 Å². The van der Waals surface area contributed by atoms with Crippen LogP contribution >= 0.6 is 0 Å². The molecule has 1 fully saturated rings. The molecule has 0 atom stereocenters. The van der Waals surface area contributed by atoms with Gasteiger partial charge in [0.1, 0.15) is 0 Å². The molecular formula is C22H22N4O. The van der Waals surface area contributed by atoms with Crippen LogP contribution in [0.1, 0.15) is 37.2 Å². The molecule has 0 saturated heterocycles. The minimum atomic E-state index is -0.0589. The number of aromatic nitrogens is 1. The van der Waals surface area contributed by atoms with Crippen LogP contribution in [0.2, 0.25) is 0 Å². The van der Waals surface area contributed by atoms with Crippen molar-refractivity contribution in [3.63, 3.8) is 0 Å². The molecule has 5 nitrogen and oxygen atoms in total. The molecule has 3 N–H and O–H groups in total. The fourth-order valence-electron chi connectivity index (χ4n) is 3.85. The summed E-state index contributed by atoms with van der Waals surface area (Å²) in [5.74, 6) is 0.555. The van der Waals surface area contributed by atoms with Gasteiger partial charge in [-0.25, -0.2) is 4.98 Å². The summed E-state index contributed by atoms with van der Waals surface area (Å²) in [6.45, 7) is 0. The second kappa shape index (κ2) is 7.58. The molecule has 0 radical (unpaired) electrons. The minimum Gasteiger partial charge on any atom is -0.325 e. The second-order valence-corrected chi connectivity index (χ2v) is 6.94. The number of nitrogens with zero attached hydrogens (tertiary/aromatic N) is 1. The number of benzene rings is 2. The molecule has 1 amide bonds. The van der Waals surface area contributed by atoms with E-state index in [1.165, 1.54) is 31.2 Å². The highest BCUT2D eigenvalue weighted by atomic mass is 16.1. The first kappa shape index (κ1) is 17.2. The Balaban J connectivity index is 1.82. The van der Waals surface area contributed by atoms with Gasteiger partial charge in [-0.1, -0.05) is 55.3 Å². The quantitative estimate of drug-likeness (QED) is 0.361. The topological polar surface area (TPSA) is 77.9 Å². The number of fused-ring (bicyclic) bond motifs is 1. The van der Waals surface area contributed by atoms with Gasteiger partial charge in [0.25, 0.3) is 0 Å². The van der Waals surface area contributed by atoms with Gasteiger partial charge in [-0.3, -0.25) is 15.5 Å². The Bertz CT molecular complexity index is 978. The molecule has 1 aliphatic carbocycles. The van der Waals surface area contributed by atoms with E-state index in [9.17, 15) is 4.79 Å². The van der Waals surface area contributed by atoms with Crippen LogP contribution in [0.3, 0.4) is 0 Å². The zero-order chi connectivity index (χ0) is 18.6. The Morgan fingerprint density at radius 1 is 1.07 bits per heavy atom. The van der Waals surface area contributed by atoms with E-state index in [1.54, 1.807) is 0 Å². The fourth-order valence-corrected chi connectivity index (χ4v) is 3.85. The van der Waals surface area contributed by atoms with E-state index in [2.05, 4.69) is 28.8 Å². The lowest BCUT2D eigenvalue weighted by atomic mass is 9.96. The van der Waals surface area contributed by atoms with E-state index < -0.39 is 0 Å². The molecule has 27 heavy (non-hydrogen) atoms. The molecule has 0 bridgehead atoms. The first-order chi connectivity index (χ1) is 13.2. The molecule has 1 aliphatic rings. The highest BCUT2D eigenvalue weighted by molar-refractivity contribution is 6.04. The normalized spacial score (nSPS) is 14.2. The molecule has 0 unspecified atom stereocenters. The molecule has 1 heterocycles. The third-order valence-corrected chi connectivity index (χ3v) is 5.19. The number of pyridine rings is 1. The van der Waals surface area contributed by atoms with Gasteiger partial charge < -0.3 is 5.32 Å². The summed E-state index contributed by atoms with van der Waals surface area (Å²) in [4.78, 5) is 15.5. The van der Waals surface area contributed by atoms with Crippen LogP contribution in [0.5, 0.6) is 0 Å². The maximum absolute atomic E-state index is 10.6. The van der Waals surface area contributed by atoms with Gasteiger partial charge in [-0.05, 0) is 36.5 Å². The average molecular weight is 358 g/mol. The minimum absolute atomic E-state index is 0.0589. The van der Waals surface area contributed by atoms with Gasteiger partial charge in [0.2, 0.25) is 6.41 Å². The first-order valence-corrected chi connectivity index (χ1v) is 9.30. The zero-order valence-electron chi connectivity index (χ0n) is 15.0. The van der Waals surface area contributed by atoms with E-state index in [4.69, 9.17) is 10.4 Å². The number of guanidine groups is 1. The molecule has 2 aromatic carbocycles. The van der Waals surface area contributed by atoms with Crippen LogP contribution in [-0.2, 0) is 4.79 Å². The highest BCUT2D eigenvalue weighted by Crippen LogP contribution is 2.36. The second-order valence-electron chi connectivity index (χ2n) is 6.94. The van der Waals surface area contributed by atoms with Gasteiger partial charge >= 0.3 is 0 Å². The van der Waals surface area contributed by atoms with Crippen LogP contribution in [0, 0.1) is 5.41 Å². The zero-order valence-corrected chi connectivity index (χ0v) is 15.0. The third-order valence-electron chi connectivity index (χ3n) is 5.19. The SMILES string of the molecule is N=C(NC=O)Nc1cc(-c2ccccc2)nc2cc(C3CCCC3)ccc12. The number of amides is 1. The van der Waals surface area contributed by atoms with Crippen molar-refractivity contribution in [2.24, 2.45) is 0 Å². The van der Waals surface area contributed by atoms with Crippen LogP contribution in [0.25, 0.3) is 22.2 Å². The van der Waals surface area contributed by atoms with Crippen molar-refractivity contribution < 1.29 is 4.79 Å². The fraction of sp³-hybridized carbons (Fsp3) is 0.227. The van der Waals surface area contributed by atoms with E-state index in [0.717, 1.165) is 27.8 Å². The van der Waals surface area contributed by atoms with Gasteiger partial charge in [0, 0.05) is 10.9 Å². The number of rotatable bonds is 4. The predicted octanol–water partition coefficient (Wildman–Crippen LogP) is 4.65. The maximum Gasteiger partial charge on any atom is 0.213 e. The van der Waals surface area contributed by atoms with Gasteiger partial charge in [-0.2, -0.15) is 0 Å². The molecule has 0 aliphatic heterocycles. The molecule has 1 aromatic heterocycles. The summed E-state index contributed by atoms with van der Waals surface area (Å²) in [7, 11) is 0. The predicted molar refractivity (Wildman–Crippen MR) is 109 cm³/mol. The van der Waals surface area contributed by atoms with Crippen molar-refractivity contribution in [1.82, 2.24) is 10.3 Å². The van der Waals surface area contributed by atoms with Crippen molar-refractivity contribution in [2.45, 2.75) is 31.6 Å². The summed E-state index contributed by atoms with van der Waals surface area (Å²) in [6, 6.07) is 18.3. The summed E-state index contributed by atoms with van der Waals surface area (Å²) in [5.41, 5.74) is 4.86. The van der Waals surface area contributed by atoms with E-state index in [0.29, 0.717) is 12.3 Å². The molecule has 5 heteroatoms. The van der Waals surface area contributed by atoms with E-state index >= 15 is 0 Å². The Kier molecular flexibility index (Phi) is 4.83. The lowest BCUT2D eigenvalue weighted by Gasteiger charge is -2.15. The summed E-state index contributed by atoms with van der Waals surface area (Å²) in [5, 5.41) is 14.2. The van der Waals surface area contributed by atoms with Crippen LogP contribution in [0.4, 0.5) is 5.69 Å². The number of carbonyl (C=O) groups excluding carboxylic acids is 1. The number of anilines is 1. The van der Waals surface area contributed by atoms with Crippen molar-refractivity contribution in [1.29, 1.82) is 5.41 Å². The number of hydrogen-bond donors (Lipinski definition) is 3. The molecule has 3 aromatic rings. The average Bonchev–Trinajstić information content (AvgIpc) is 3.23. The van der Waals surface area contributed by atoms with Crippen LogP contribution < -0.4 is 10.6 Å². The molecule has 1 saturated carbocycles. The summed E-state index contributed by atoms with van der Waals surface area (Å²) >= 11 is 0. The number of nitrogens with one attached hydrogen (secondary N) is 3. The Morgan fingerprint density at radius 3 is 2.59 bits per heavy atom. The summed E-state index contributed by atoms with van der Waals surface area (Å²) < 4.78 is 0. The Labute approximate surface area is 158 Å². The first-order valence-electron chi connectivity index (χ1n) is 9.30. The van der Waals surface area contributed by atoms with Crippen molar-refractivity contribution >= 4 is 29.0 Å². The van der Waals surface area contributed by atoms with Gasteiger partial charge in [0.15, 0.2) is 5.96 Å². The molecular weight excluding hydrogens is 336 g/mol. The van der Waals surface area contributed by atoms with Crippen LogP contribution in [0.15, 0.2) is 54.6 Å². The standard InChI is InChI=1S/C22H22N4O/c23-22(24-14-27)26-21-13-19(16-8-2-1-3-9-16)25-20-12-17(10-11-18(20)21)15-6-4-5-7-15/h1-3,8-15H,4-7H2,(H3,23,24,25,26,27). The van der Waals surface area contributed by atoms with Crippen molar-refractivity contribution in [3.8, 4) is 11.3 Å². The lowest BCUT2D eigenvalue weighted by molar-refractivity contribution is -0.108. The van der Waals surface area contributed by atoms with Gasteiger partial charge in [0.05, 0.1) is 16.9 Å². The third kappa shape index (κ3) is 3.67. The Morgan fingerprint density at radius 2 is 1.85 bits per heavy atom. The smallest absolute Gasteiger partial charge is 0.213 e. The Hall–Kier alpha value is -3.21. The molecule has 136 valence electrons. The highest BCUT2D eigenvalue weighted by Gasteiger charge is 2.18. The van der Waals surface area contributed by atoms with Gasteiger partial charge in [-0.15, -0.1) is 0 Å². The van der Waals surface area contributed by atoms with Crippen LogP contribution in [-0.4, -0.2) is 17.4 Å². The number of carbonyl (C=O) groups is 1. The van der Waals surface area contributed by atoms with Crippen molar-refractivity contribution in [3.05, 3.63) is 60.2 Å². The van der Waals surface area contributed by atoms with E-state index in [-0.39, 0.29) is 5.96 Å². The monoisotopic (exact) mass is 358 g/mol. The molecule has 0 spiro atoms. The summed E-state index contributed by atoms with van der Waals surface area (Å²) in [6.07, 6.45) is 5.56.